The number of halogens is 1. The van der Waals surface area contributed by atoms with Crippen molar-refractivity contribution in [2.45, 2.75) is 40.2 Å². The van der Waals surface area contributed by atoms with Gasteiger partial charge in [-0.2, -0.15) is 0 Å². The summed E-state index contributed by atoms with van der Waals surface area (Å²) >= 11 is 0. The van der Waals surface area contributed by atoms with Crippen LogP contribution in [0.4, 0.5) is 4.39 Å². The molecule has 0 radical (unpaired) electrons. The third-order valence-corrected chi connectivity index (χ3v) is 6.22. The molecule has 2 atom stereocenters. The Labute approximate surface area is 185 Å². The number of rotatable bonds is 9. The van der Waals surface area contributed by atoms with Gasteiger partial charge >= 0.3 is 0 Å². The van der Waals surface area contributed by atoms with Crippen LogP contribution in [0.25, 0.3) is 0 Å². The van der Waals surface area contributed by atoms with Crippen molar-refractivity contribution in [3.8, 4) is 0 Å². The van der Waals surface area contributed by atoms with Gasteiger partial charge in [-0.25, -0.2) is 4.39 Å². The summed E-state index contributed by atoms with van der Waals surface area (Å²) in [5.74, 6) is 2.09. The van der Waals surface area contributed by atoms with Gasteiger partial charge in [0.25, 0.3) is 0 Å². The molecule has 1 amide bonds. The van der Waals surface area contributed by atoms with Gasteiger partial charge in [-0.05, 0) is 49.1 Å². The van der Waals surface area contributed by atoms with E-state index >= 15 is 0 Å². The predicted octanol–water partition coefficient (Wildman–Crippen LogP) is 4.38. The molecule has 1 aromatic heterocycles. The predicted molar refractivity (Wildman–Crippen MR) is 119 cm³/mol. The molecule has 0 aliphatic carbocycles. The normalized spacial score (nSPS) is 19.3. The highest BCUT2D eigenvalue weighted by molar-refractivity contribution is 5.78. The molecule has 0 bridgehead atoms. The van der Waals surface area contributed by atoms with Gasteiger partial charge in [-0.15, -0.1) is 0 Å². The number of amides is 1. The molecular formula is C25H35FN2O3. The number of carbonyl (C=O) groups is 1. The smallest absolute Gasteiger partial charge is 0.225 e. The summed E-state index contributed by atoms with van der Waals surface area (Å²) in [4.78, 5) is 17.1. The highest BCUT2D eigenvalue weighted by atomic mass is 19.1. The third-order valence-electron chi connectivity index (χ3n) is 6.22. The number of benzene rings is 1. The second kappa shape index (κ2) is 10.4. The molecule has 0 unspecified atom stereocenters. The molecule has 2 heterocycles. The van der Waals surface area contributed by atoms with Crippen molar-refractivity contribution in [1.29, 1.82) is 0 Å². The van der Waals surface area contributed by atoms with Crippen LogP contribution in [0, 0.1) is 31.5 Å². The second-order valence-electron chi connectivity index (χ2n) is 9.00. The fraction of sp³-hybridized carbons (Fsp3) is 0.560. The third kappa shape index (κ3) is 5.95. The lowest BCUT2D eigenvalue weighted by Gasteiger charge is -2.29. The standard InChI is InChI=1S/C25H35FN2O3/c1-17(2)25(29)28(9-10-30-5)14-21-13-27(15-23-11-18(3)19(4)31-23)16-24(21)20-7-6-8-22(26)12-20/h6-8,11-12,17,21,24H,9-10,13-16H2,1-5H3/t21-,24+/m0/s1. The molecule has 6 heteroatoms. The van der Waals surface area contributed by atoms with E-state index in [2.05, 4.69) is 17.9 Å². The van der Waals surface area contributed by atoms with Crippen LogP contribution in [0.5, 0.6) is 0 Å². The lowest BCUT2D eigenvalue weighted by molar-refractivity contribution is -0.135. The molecule has 1 aliphatic heterocycles. The van der Waals surface area contributed by atoms with Crippen molar-refractivity contribution in [3.05, 3.63) is 58.8 Å². The zero-order valence-electron chi connectivity index (χ0n) is 19.4. The van der Waals surface area contributed by atoms with E-state index in [1.807, 2.05) is 31.7 Å². The van der Waals surface area contributed by atoms with Crippen molar-refractivity contribution >= 4 is 5.91 Å². The first-order valence-electron chi connectivity index (χ1n) is 11.1. The molecule has 31 heavy (non-hydrogen) atoms. The zero-order valence-corrected chi connectivity index (χ0v) is 19.4. The Morgan fingerprint density at radius 2 is 2.06 bits per heavy atom. The van der Waals surface area contributed by atoms with Gasteiger partial charge in [0, 0.05) is 45.1 Å². The van der Waals surface area contributed by atoms with Gasteiger partial charge in [0.1, 0.15) is 17.3 Å². The van der Waals surface area contributed by atoms with E-state index < -0.39 is 0 Å². The number of furan rings is 1. The summed E-state index contributed by atoms with van der Waals surface area (Å²) in [6.07, 6.45) is 0. The number of methoxy groups -OCH3 is 1. The number of hydrogen-bond acceptors (Lipinski definition) is 4. The van der Waals surface area contributed by atoms with Crippen LogP contribution in [0.2, 0.25) is 0 Å². The maximum absolute atomic E-state index is 14.0. The minimum atomic E-state index is -0.221. The maximum atomic E-state index is 14.0. The van der Waals surface area contributed by atoms with Gasteiger partial charge < -0.3 is 14.1 Å². The molecule has 0 saturated carbocycles. The molecule has 2 aromatic rings. The van der Waals surface area contributed by atoms with Crippen LogP contribution in [0.1, 0.15) is 42.4 Å². The van der Waals surface area contributed by atoms with E-state index in [0.717, 1.165) is 35.7 Å². The van der Waals surface area contributed by atoms with E-state index in [4.69, 9.17) is 9.15 Å². The SMILES string of the molecule is COCCN(C[C@@H]1CN(Cc2cc(C)c(C)o2)C[C@@H]1c1cccc(F)c1)C(=O)C(C)C. The van der Waals surface area contributed by atoms with E-state index in [-0.39, 0.29) is 29.5 Å². The van der Waals surface area contributed by atoms with E-state index in [1.165, 1.54) is 6.07 Å². The van der Waals surface area contributed by atoms with Gasteiger partial charge in [0.2, 0.25) is 5.91 Å². The van der Waals surface area contributed by atoms with Crippen molar-refractivity contribution in [1.82, 2.24) is 9.80 Å². The highest BCUT2D eigenvalue weighted by Gasteiger charge is 2.36. The van der Waals surface area contributed by atoms with Crippen LogP contribution >= 0.6 is 0 Å². The lowest BCUT2D eigenvalue weighted by atomic mass is 9.88. The number of hydrogen-bond donors (Lipinski definition) is 0. The Morgan fingerprint density at radius 3 is 2.68 bits per heavy atom. The summed E-state index contributed by atoms with van der Waals surface area (Å²) in [7, 11) is 1.65. The van der Waals surface area contributed by atoms with Crippen LogP contribution in [-0.2, 0) is 16.1 Å². The molecule has 1 aliphatic rings. The fourth-order valence-electron chi connectivity index (χ4n) is 4.48. The van der Waals surface area contributed by atoms with Crippen molar-refractivity contribution < 1.29 is 18.3 Å². The Hall–Kier alpha value is -2.18. The number of likely N-dealkylation sites (tertiary alicyclic amines) is 1. The van der Waals surface area contributed by atoms with Crippen LogP contribution in [-0.4, -0.2) is 55.6 Å². The summed E-state index contributed by atoms with van der Waals surface area (Å²) in [5.41, 5.74) is 2.14. The number of nitrogens with zero attached hydrogens (tertiary/aromatic N) is 2. The molecule has 0 N–H and O–H groups in total. The van der Waals surface area contributed by atoms with Gasteiger partial charge in [-0.3, -0.25) is 9.69 Å². The molecule has 1 fully saturated rings. The molecule has 5 nitrogen and oxygen atoms in total. The average Bonchev–Trinajstić information content (AvgIpc) is 3.26. The number of carbonyl (C=O) groups excluding carboxylic acids is 1. The van der Waals surface area contributed by atoms with Crippen LogP contribution in [0.3, 0.4) is 0 Å². The number of ether oxygens (including phenoxy) is 1. The Kier molecular flexibility index (Phi) is 7.89. The van der Waals surface area contributed by atoms with Crippen LogP contribution in [0.15, 0.2) is 34.7 Å². The first-order valence-corrected chi connectivity index (χ1v) is 11.1. The fourth-order valence-corrected chi connectivity index (χ4v) is 4.48. The Bertz CT molecular complexity index is 860. The second-order valence-corrected chi connectivity index (χ2v) is 9.00. The van der Waals surface area contributed by atoms with Gasteiger partial charge in [0.05, 0.1) is 13.2 Å². The first-order chi connectivity index (χ1) is 14.8. The van der Waals surface area contributed by atoms with Crippen molar-refractivity contribution in [3.63, 3.8) is 0 Å². The minimum Gasteiger partial charge on any atom is -0.465 e. The summed E-state index contributed by atoms with van der Waals surface area (Å²) in [5, 5.41) is 0. The van der Waals surface area contributed by atoms with E-state index in [0.29, 0.717) is 26.2 Å². The summed E-state index contributed by atoms with van der Waals surface area (Å²) < 4.78 is 25.1. The van der Waals surface area contributed by atoms with Crippen LogP contribution < -0.4 is 0 Å². The van der Waals surface area contributed by atoms with Gasteiger partial charge in [-0.1, -0.05) is 26.0 Å². The first kappa shape index (κ1) is 23.5. The zero-order chi connectivity index (χ0) is 22.5. The topological polar surface area (TPSA) is 45.9 Å². The maximum Gasteiger partial charge on any atom is 0.225 e. The Balaban J connectivity index is 1.81. The Morgan fingerprint density at radius 1 is 1.29 bits per heavy atom. The van der Waals surface area contributed by atoms with E-state index in [1.54, 1.807) is 19.2 Å². The summed E-state index contributed by atoms with van der Waals surface area (Å²) in [6, 6.07) is 8.97. The number of aryl methyl sites for hydroxylation is 2. The average molecular weight is 431 g/mol. The lowest BCUT2D eigenvalue weighted by Crippen LogP contribution is -2.41. The van der Waals surface area contributed by atoms with Gasteiger partial charge in [0.15, 0.2) is 0 Å². The van der Waals surface area contributed by atoms with E-state index in [9.17, 15) is 9.18 Å². The quantitative estimate of drug-likeness (QED) is 0.592. The largest absolute Gasteiger partial charge is 0.465 e. The molecule has 170 valence electrons. The monoisotopic (exact) mass is 430 g/mol. The highest BCUT2D eigenvalue weighted by Crippen LogP contribution is 2.35. The summed E-state index contributed by atoms with van der Waals surface area (Å²) in [6.45, 7) is 11.9. The van der Waals surface area contributed by atoms with Crippen molar-refractivity contribution in [2.24, 2.45) is 11.8 Å². The molecular weight excluding hydrogens is 395 g/mol. The minimum absolute atomic E-state index is 0.0731. The van der Waals surface area contributed by atoms with Crippen molar-refractivity contribution in [2.75, 3.05) is 39.9 Å². The molecule has 3 rings (SSSR count). The molecule has 0 spiro atoms. The molecule has 1 aromatic carbocycles. The molecule has 1 saturated heterocycles.